The molecule has 0 radical (unpaired) electrons. The lowest BCUT2D eigenvalue weighted by Gasteiger charge is -2.27. The summed E-state index contributed by atoms with van der Waals surface area (Å²) in [6.07, 6.45) is 13.3. The van der Waals surface area contributed by atoms with Gasteiger partial charge in [0.15, 0.2) is 0 Å². The van der Waals surface area contributed by atoms with Crippen LogP contribution in [0.15, 0.2) is 18.5 Å². The second-order valence-electron chi connectivity index (χ2n) is 9.03. The molecule has 3 aromatic rings. The fraction of sp³-hybridized carbons (Fsp3) is 0.600. The van der Waals surface area contributed by atoms with Crippen molar-refractivity contribution in [2.24, 2.45) is 5.92 Å². The van der Waals surface area contributed by atoms with Gasteiger partial charge in [-0.15, -0.1) is 11.3 Å². The third kappa shape index (κ3) is 4.87. The van der Waals surface area contributed by atoms with Crippen molar-refractivity contribution in [1.29, 1.82) is 0 Å². The van der Waals surface area contributed by atoms with Crippen LogP contribution >= 0.6 is 11.3 Å². The van der Waals surface area contributed by atoms with Gasteiger partial charge in [-0.05, 0) is 44.6 Å². The van der Waals surface area contributed by atoms with Crippen molar-refractivity contribution in [3.05, 3.63) is 24.2 Å². The molecular formula is C25H36N6S. The van der Waals surface area contributed by atoms with Crippen molar-refractivity contribution in [2.45, 2.75) is 84.6 Å². The molecule has 32 heavy (non-hydrogen) atoms. The number of anilines is 2. The number of fused-ring (bicyclic) bond motifs is 1. The zero-order valence-electron chi connectivity index (χ0n) is 19.9. The number of nitrogens with one attached hydrogen (secondary N) is 2. The number of hydrogen-bond donors (Lipinski definition) is 2. The van der Waals surface area contributed by atoms with Crippen LogP contribution < -0.4 is 10.6 Å². The first kappa shape index (κ1) is 22.9. The number of pyridine rings is 1. The van der Waals surface area contributed by atoms with Gasteiger partial charge in [0, 0.05) is 18.3 Å². The molecule has 172 valence electrons. The van der Waals surface area contributed by atoms with Gasteiger partial charge in [-0.1, -0.05) is 46.5 Å². The number of aryl methyl sites for hydroxylation is 1. The molecule has 2 N–H and O–H groups in total. The summed E-state index contributed by atoms with van der Waals surface area (Å²) in [4.78, 5) is 19.0. The van der Waals surface area contributed by atoms with Crippen LogP contribution in [0.25, 0.3) is 20.8 Å². The van der Waals surface area contributed by atoms with Crippen molar-refractivity contribution in [3.63, 3.8) is 0 Å². The molecule has 0 aliphatic heterocycles. The molecular weight excluding hydrogens is 416 g/mol. The molecule has 0 aromatic carbocycles. The summed E-state index contributed by atoms with van der Waals surface area (Å²) in [5, 5.41) is 8.32. The van der Waals surface area contributed by atoms with Crippen LogP contribution in [0.3, 0.4) is 0 Å². The lowest BCUT2D eigenvalue weighted by molar-refractivity contribution is 0.382. The second-order valence-corrected chi connectivity index (χ2v) is 10.1. The van der Waals surface area contributed by atoms with Gasteiger partial charge in [0.05, 0.1) is 22.2 Å². The molecule has 1 atom stereocenters. The zero-order valence-corrected chi connectivity index (χ0v) is 20.7. The van der Waals surface area contributed by atoms with E-state index in [4.69, 9.17) is 15.0 Å². The SMILES string of the molecule is CCCCCNc1nc(NC2(C(CC)CCC)CC2)nc(C)c1-c1nc2cnccc2s1. The molecule has 1 aliphatic rings. The Labute approximate surface area is 195 Å². The Balaban J connectivity index is 1.67. The molecule has 0 saturated heterocycles. The van der Waals surface area contributed by atoms with Gasteiger partial charge < -0.3 is 10.6 Å². The number of hydrogen-bond acceptors (Lipinski definition) is 7. The van der Waals surface area contributed by atoms with Crippen molar-refractivity contribution in [3.8, 4) is 10.6 Å². The summed E-state index contributed by atoms with van der Waals surface area (Å²) < 4.78 is 1.14. The number of thiazole rings is 1. The summed E-state index contributed by atoms with van der Waals surface area (Å²) in [6.45, 7) is 9.79. The van der Waals surface area contributed by atoms with Crippen molar-refractivity contribution in [1.82, 2.24) is 19.9 Å². The first-order valence-electron chi connectivity index (χ1n) is 12.2. The maximum atomic E-state index is 5.00. The second kappa shape index (κ2) is 10.1. The van der Waals surface area contributed by atoms with E-state index in [1.54, 1.807) is 11.3 Å². The Hall–Kier alpha value is -2.28. The Bertz CT molecular complexity index is 1010. The molecule has 0 amide bonds. The van der Waals surface area contributed by atoms with E-state index < -0.39 is 0 Å². The fourth-order valence-electron chi connectivity index (χ4n) is 4.69. The van der Waals surface area contributed by atoms with Gasteiger partial charge in [-0.25, -0.2) is 9.97 Å². The summed E-state index contributed by atoms with van der Waals surface area (Å²) in [5.74, 6) is 2.32. The smallest absolute Gasteiger partial charge is 0.225 e. The van der Waals surface area contributed by atoms with E-state index >= 15 is 0 Å². The molecule has 1 unspecified atom stereocenters. The maximum Gasteiger partial charge on any atom is 0.225 e. The van der Waals surface area contributed by atoms with Crippen LogP contribution in [-0.2, 0) is 0 Å². The molecule has 7 heteroatoms. The predicted molar refractivity (Wildman–Crippen MR) is 135 cm³/mol. The lowest BCUT2D eigenvalue weighted by atomic mass is 9.90. The highest BCUT2D eigenvalue weighted by Crippen LogP contribution is 2.48. The topological polar surface area (TPSA) is 75.6 Å². The molecule has 1 saturated carbocycles. The molecule has 0 bridgehead atoms. The monoisotopic (exact) mass is 452 g/mol. The molecule has 3 aromatic heterocycles. The number of unbranched alkanes of at least 4 members (excludes halogenated alkanes) is 2. The molecule has 1 aliphatic carbocycles. The molecule has 4 rings (SSSR count). The lowest BCUT2D eigenvalue weighted by Crippen LogP contribution is -2.32. The molecule has 6 nitrogen and oxygen atoms in total. The molecule has 1 fully saturated rings. The van der Waals surface area contributed by atoms with Gasteiger partial charge in [-0.3, -0.25) is 4.98 Å². The summed E-state index contributed by atoms with van der Waals surface area (Å²) in [7, 11) is 0. The van der Waals surface area contributed by atoms with Crippen LogP contribution in [0.5, 0.6) is 0 Å². The Kier molecular flexibility index (Phi) is 7.23. The van der Waals surface area contributed by atoms with E-state index in [0.717, 1.165) is 51.2 Å². The average Bonchev–Trinajstić information content (AvgIpc) is 3.43. The minimum atomic E-state index is 0.166. The zero-order chi connectivity index (χ0) is 22.6. The van der Waals surface area contributed by atoms with E-state index in [9.17, 15) is 0 Å². The highest BCUT2D eigenvalue weighted by atomic mass is 32.1. The Morgan fingerprint density at radius 1 is 1.09 bits per heavy atom. The highest BCUT2D eigenvalue weighted by Gasteiger charge is 2.48. The van der Waals surface area contributed by atoms with Crippen molar-refractivity contribution < 1.29 is 0 Å². The van der Waals surface area contributed by atoms with E-state index in [-0.39, 0.29) is 5.54 Å². The van der Waals surface area contributed by atoms with Gasteiger partial charge in [0.25, 0.3) is 0 Å². The van der Waals surface area contributed by atoms with E-state index in [0.29, 0.717) is 5.92 Å². The van der Waals surface area contributed by atoms with E-state index in [1.165, 1.54) is 44.9 Å². The van der Waals surface area contributed by atoms with Crippen molar-refractivity contribution >= 4 is 33.3 Å². The standard InChI is InChI=1S/C25H36N6S/c1-5-8-9-14-27-22-21(23-29-19-16-26-15-11-20(19)32-23)17(4)28-24(30-22)31-25(12-13-25)18(7-3)10-6-2/h11,15-16,18H,5-10,12-14H2,1-4H3,(H2,27,28,30,31). The minimum absolute atomic E-state index is 0.166. The summed E-state index contributed by atoms with van der Waals surface area (Å²) >= 11 is 1.68. The van der Waals surface area contributed by atoms with Crippen molar-refractivity contribution in [2.75, 3.05) is 17.2 Å². The van der Waals surface area contributed by atoms with Crippen LogP contribution in [0.1, 0.15) is 77.8 Å². The van der Waals surface area contributed by atoms with Gasteiger partial charge in [0.2, 0.25) is 5.95 Å². The third-order valence-electron chi connectivity index (χ3n) is 6.63. The number of nitrogens with zero attached hydrogens (tertiary/aromatic N) is 4. The highest BCUT2D eigenvalue weighted by molar-refractivity contribution is 7.21. The van der Waals surface area contributed by atoms with Crippen LogP contribution in [0, 0.1) is 12.8 Å². The molecule has 0 spiro atoms. The van der Waals surface area contributed by atoms with E-state index in [2.05, 4.69) is 43.3 Å². The quantitative estimate of drug-likeness (QED) is 0.293. The fourth-order valence-corrected chi connectivity index (χ4v) is 5.72. The average molecular weight is 453 g/mol. The molecule has 3 heterocycles. The number of rotatable bonds is 12. The van der Waals surface area contributed by atoms with Gasteiger partial charge >= 0.3 is 0 Å². The largest absolute Gasteiger partial charge is 0.369 e. The minimum Gasteiger partial charge on any atom is -0.369 e. The summed E-state index contributed by atoms with van der Waals surface area (Å²) in [6, 6.07) is 2.02. The van der Waals surface area contributed by atoms with Crippen LogP contribution in [-0.4, -0.2) is 32.0 Å². The summed E-state index contributed by atoms with van der Waals surface area (Å²) in [5.41, 5.74) is 3.07. The van der Waals surface area contributed by atoms with Gasteiger partial charge in [-0.2, -0.15) is 4.98 Å². The van der Waals surface area contributed by atoms with Gasteiger partial charge in [0.1, 0.15) is 16.3 Å². The Morgan fingerprint density at radius 3 is 2.62 bits per heavy atom. The Morgan fingerprint density at radius 2 is 1.94 bits per heavy atom. The first-order valence-corrected chi connectivity index (χ1v) is 13.0. The third-order valence-corrected chi connectivity index (χ3v) is 7.68. The predicted octanol–water partition coefficient (Wildman–Crippen LogP) is 6.83. The van der Waals surface area contributed by atoms with E-state index in [1.807, 2.05) is 18.5 Å². The number of aromatic nitrogens is 4. The first-order chi connectivity index (χ1) is 15.6. The maximum absolute atomic E-state index is 5.00. The normalized spacial score (nSPS) is 15.6. The van der Waals surface area contributed by atoms with Crippen LogP contribution in [0.2, 0.25) is 0 Å². The van der Waals surface area contributed by atoms with Crippen LogP contribution in [0.4, 0.5) is 11.8 Å².